The fourth-order valence-corrected chi connectivity index (χ4v) is 1.13. The Morgan fingerprint density at radius 3 is 2.79 bits per heavy atom. The van der Waals surface area contributed by atoms with Gasteiger partial charge in [0.05, 0.1) is 6.42 Å². The molecule has 0 aliphatic rings. The molecule has 1 atom stereocenters. The van der Waals surface area contributed by atoms with Gasteiger partial charge in [0.2, 0.25) is 0 Å². The molecular weight excluding hydrogens is 189 g/mol. The second kappa shape index (κ2) is 4.06. The van der Waals surface area contributed by atoms with Crippen LogP contribution in [0.4, 0.5) is 4.39 Å². The molecule has 1 aromatic rings. The number of nitrogens with two attached hydrogens (primary N) is 1. The molecule has 14 heavy (non-hydrogen) atoms. The Hall–Kier alpha value is -1.62. The van der Waals surface area contributed by atoms with Crippen molar-refractivity contribution in [2.24, 2.45) is 5.73 Å². The largest absolute Gasteiger partial charge is 0.505 e. The van der Waals surface area contributed by atoms with E-state index in [1.807, 2.05) is 0 Å². The van der Waals surface area contributed by atoms with Crippen molar-refractivity contribution in [3.8, 4) is 5.75 Å². The van der Waals surface area contributed by atoms with E-state index in [-0.39, 0.29) is 12.0 Å². The lowest BCUT2D eigenvalue weighted by molar-refractivity contribution is -0.137. The fourth-order valence-electron chi connectivity index (χ4n) is 1.13. The number of benzene rings is 1. The van der Waals surface area contributed by atoms with Crippen LogP contribution in [0.2, 0.25) is 0 Å². The average molecular weight is 199 g/mol. The Balaban J connectivity index is 2.95. The zero-order valence-electron chi connectivity index (χ0n) is 7.27. The van der Waals surface area contributed by atoms with Gasteiger partial charge in [0.25, 0.3) is 0 Å². The number of rotatable bonds is 3. The van der Waals surface area contributed by atoms with Gasteiger partial charge < -0.3 is 15.9 Å². The lowest BCUT2D eigenvalue weighted by Gasteiger charge is -2.11. The number of carboxylic acid groups (broad SMARTS) is 1. The molecule has 76 valence electrons. The van der Waals surface area contributed by atoms with E-state index in [9.17, 15) is 14.3 Å². The highest BCUT2D eigenvalue weighted by atomic mass is 19.1. The third-order valence-corrected chi connectivity index (χ3v) is 1.81. The first-order valence-electron chi connectivity index (χ1n) is 3.97. The second-order valence-corrected chi connectivity index (χ2v) is 2.88. The molecule has 0 saturated carbocycles. The number of para-hydroxylation sites is 1. The van der Waals surface area contributed by atoms with Crippen molar-refractivity contribution in [3.63, 3.8) is 0 Å². The van der Waals surface area contributed by atoms with Crippen LogP contribution in [-0.2, 0) is 4.79 Å². The summed E-state index contributed by atoms with van der Waals surface area (Å²) in [6.07, 6.45) is -0.350. The van der Waals surface area contributed by atoms with E-state index in [2.05, 4.69) is 0 Å². The molecule has 4 N–H and O–H groups in total. The van der Waals surface area contributed by atoms with Gasteiger partial charge >= 0.3 is 5.97 Å². The van der Waals surface area contributed by atoms with Gasteiger partial charge in [0.15, 0.2) is 11.6 Å². The lowest BCUT2D eigenvalue weighted by atomic mass is 10.0. The topological polar surface area (TPSA) is 83.6 Å². The molecule has 5 heteroatoms. The van der Waals surface area contributed by atoms with Crippen molar-refractivity contribution in [2.45, 2.75) is 12.5 Å². The van der Waals surface area contributed by atoms with Crippen molar-refractivity contribution in [3.05, 3.63) is 29.6 Å². The van der Waals surface area contributed by atoms with Crippen LogP contribution in [-0.4, -0.2) is 16.2 Å². The van der Waals surface area contributed by atoms with Gasteiger partial charge in [-0.3, -0.25) is 4.79 Å². The summed E-state index contributed by atoms with van der Waals surface area (Å²) in [4.78, 5) is 10.3. The SMILES string of the molecule is N[C@@H](CC(=O)O)c1cccc(F)c1O. The zero-order valence-corrected chi connectivity index (χ0v) is 7.27. The summed E-state index contributed by atoms with van der Waals surface area (Å²) in [6, 6.07) is 2.94. The van der Waals surface area contributed by atoms with E-state index in [4.69, 9.17) is 10.8 Å². The first-order chi connectivity index (χ1) is 6.52. The smallest absolute Gasteiger partial charge is 0.305 e. The van der Waals surface area contributed by atoms with Crippen LogP contribution >= 0.6 is 0 Å². The van der Waals surface area contributed by atoms with Crippen molar-refractivity contribution >= 4 is 5.97 Å². The van der Waals surface area contributed by atoms with Crippen LogP contribution in [0, 0.1) is 5.82 Å². The summed E-state index contributed by atoms with van der Waals surface area (Å²) >= 11 is 0. The maximum absolute atomic E-state index is 12.8. The maximum atomic E-state index is 12.8. The summed E-state index contributed by atoms with van der Waals surface area (Å²) in [5.41, 5.74) is 5.56. The number of hydrogen-bond donors (Lipinski definition) is 3. The number of aromatic hydroxyl groups is 1. The summed E-state index contributed by atoms with van der Waals surface area (Å²) in [5.74, 6) is -2.48. The first-order valence-corrected chi connectivity index (χ1v) is 3.97. The Morgan fingerprint density at radius 1 is 1.57 bits per heavy atom. The molecule has 0 unspecified atom stereocenters. The molecule has 0 heterocycles. The molecule has 0 amide bonds. The summed E-state index contributed by atoms with van der Waals surface area (Å²) in [5, 5.41) is 17.7. The quantitative estimate of drug-likeness (QED) is 0.678. The number of phenolic OH excluding ortho intramolecular Hbond substituents is 1. The van der Waals surface area contributed by atoms with E-state index >= 15 is 0 Å². The van der Waals surface area contributed by atoms with E-state index < -0.39 is 23.6 Å². The summed E-state index contributed by atoms with van der Waals surface area (Å²) in [6.45, 7) is 0. The van der Waals surface area contributed by atoms with Crippen molar-refractivity contribution in [1.82, 2.24) is 0 Å². The van der Waals surface area contributed by atoms with Crippen LogP contribution in [0.15, 0.2) is 18.2 Å². The molecule has 0 bridgehead atoms. The van der Waals surface area contributed by atoms with E-state index in [1.165, 1.54) is 12.1 Å². The van der Waals surface area contributed by atoms with E-state index in [1.54, 1.807) is 0 Å². The van der Waals surface area contributed by atoms with Gasteiger partial charge in [-0.25, -0.2) is 4.39 Å². The molecule has 1 rings (SSSR count). The van der Waals surface area contributed by atoms with E-state index in [0.717, 1.165) is 6.07 Å². The standard InChI is InChI=1S/C9H10FNO3/c10-6-3-1-2-5(9(6)14)7(11)4-8(12)13/h1-3,7,14H,4,11H2,(H,12,13)/t7-/m0/s1. The third-order valence-electron chi connectivity index (χ3n) is 1.81. The molecule has 0 aliphatic carbocycles. The minimum Gasteiger partial charge on any atom is -0.505 e. The molecule has 0 fully saturated rings. The highest BCUT2D eigenvalue weighted by molar-refractivity contribution is 5.68. The molecule has 4 nitrogen and oxygen atoms in total. The van der Waals surface area contributed by atoms with Crippen LogP contribution in [0.25, 0.3) is 0 Å². The monoisotopic (exact) mass is 199 g/mol. The zero-order chi connectivity index (χ0) is 10.7. The van der Waals surface area contributed by atoms with Gasteiger partial charge in [0, 0.05) is 11.6 Å². The molecule has 0 spiro atoms. The Bertz CT molecular complexity index is 354. The first kappa shape index (κ1) is 10.5. The highest BCUT2D eigenvalue weighted by Crippen LogP contribution is 2.26. The predicted molar refractivity (Wildman–Crippen MR) is 47.2 cm³/mol. The number of aliphatic carboxylic acids is 1. The maximum Gasteiger partial charge on any atom is 0.305 e. The highest BCUT2D eigenvalue weighted by Gasteiger charge is 2.16. The third kappa shape index (κ3) is 2.20. The molecule has 0 aromatic heterocycles. The Labute approximate surface area is 79.8 Å². The molecular formula is C9H10FNO3. The van der Waals surface area contributed by atoms with Crippen LogP contribution in [0.3, 0.4) is 0 Å². The average Bonchev–Trinajstić information content (AvgIpc) is 2.08. The van der Waals surface area contributed by atoms with Crippen molar-refractivity contribution in [1.29, 1.82) is 0 Å². The number of hydrogen-bond acceptors (Lipinski definition) is 3. The molecule has 0 aliphatic heterocycles. The minimum absolute atomic E-state index is 0.104. The van der Waals surface area contributed by atoms with Crippen molar-refractivity contribution < 1.29 is 19.4 Å². The molecule has 0 radical (unpaired) electrons. The van der Waals surface area contributed by atoms with Gasteiger partial charge in [-0.05, 0) is 6.07 Å². The second-order valence-electron chi connectivity index (χ2n) is 2.88. The minimum atomic E-state index is -1.10. The lowest BCUT2D eigenvalue weighted by Crippen LogP contribution is -2.15. The van der Waals surface area contributed by atoms with Crippen LogP contribution in [0.5, 0.6) is 5.75 Å². The Kier molecular flexibility index (Phi) is 3.03. The predicted octanol–water partition coefficient (Wildman–Crippen LogP) is 1.01. The normalized spacial score (nSPS) is 12.4. The van der Waals surface area contributed by atoms with Gasteiger partial charge in [-0.1, -0.05) is 12.1 Å². The molecule has 1 aromatic carbocycles. The number of carbonyl (C=O) groups is 1. The van der Waals surface area contributed by atoms with Crippen molar-refractivity contribution in [2.75, 3.05) is 0 Å². The van der Waals surface area contributed by atoms with Gasteiger partial charge in [-0.15, -0.1) is 0 Å². The van der Waals surface area contributed by atoms with Gasteiger partial charge in [0.1, 0.15) is 0 Å². The number of carboxylic acids is 1. The van der Waals surface area contributed by atoms with Gasteiger partial charge in [-0.2, -0.15) is 0 Å². The van der Waals surface area contributed by atoms with Crippen LogP contribution in [0.1, 0.15) is 18.0 Å². The molecule has 0 saturated heterocycles. The number of halogens is 1. The summed E-state index contributed by atoms with van der Waals surface area (Å²) in [7, 11) is 0. The fraction of sp³-hybridized carbons (Fsp3) is 0.222. The van der Waals surface area contributed by atoms with E-state index in [0.29, 0.717) is 0 Å². The summed E-state index contributed by atoms with van der Waals surface area (Å²) < 4.78 is 12.8. The Morgan fingerprint density at radius 2 is 2.21 bits per heavy atom. The van der Waals surface area contributed by atoms with Crippen LogP contribution < -0.4 is 5.73 Å². The number of phenols is 1.